The van der Waals surface area contributed by atoms with Gasteiger partial charge in [0.1, 0.15) is 0 Å². The highest BCUT2D eigenvalue weighted by atomic mass is 32.1. The maximum atomic E-state index is 12.4. The molecule has 0 spiro atoms. The zero-order valence-electron chi connectivity index (χ0n) is 15.1. The molecule has 1 aliphatic heterocycles. The van der Waals surface area contributed by atoms with E-state index in [0.29, 0.717) is 18.5 Å². The Balaban J connectivity index is 1.76. The Hall–Kier alpha value is -0.980. The predicted molar refractivity (Wildman–Crippen MR) is 95.6 cm³/mol. The third-order valence-corrected chi connectivity index (χ3v) is 5.65. The number of aryl methyl sites for hydroxylation is 1. The van der Waals surface area contributed by atoms with Gasteiger partial charge in [-0.3, -0.25) is 9.69 Å². The normalized spacial score (nSPS) is 18.6. The van der Waals surface area contributed by atoms with E-state index in [4.69, 9.17) is 0 Å². The van der Waals surface area contributed by atoms with Gasteiger partial charge in [-0.15, -0.1) is 11.3 Å². The lowest BCUT2D eigenvalue weighted by Crippen LogP contribution is -2.40. The van der Waals surface area contributed by atoms with Crippen molar-refractivity contribution in [2.45, 2.75) is 39.8 Å². The van der Waals surface area contributed by atoms with Crippen LogP contribution in [0.15, 0.2) is 5.51 Å². The van der Waals surface area contributed by atoms with Gasteiger partial charge in [0.2, 0.25) is 5.91 Å². The molecule has 1 aliphatic rings. The summed E-state index contributed by atoms with van der Waals surface area (Å²) >= 11 is 1.73. The smallest absolute Gasteiger partial charge is 0.236 e. The molecule has 6 heteroatoms. The molecule has 1 fully saturated rings. The number of aromatic nitrogens is 1. The number of carbonyl (C=O) groups is 1. The van der Waals surface area contributed by atoms with Gasteiger partial charge in [0.15, 0.2) is 0 Å². The van der Waals surface area contributed by atoms with Crippen LogP contribution >= 0.6 is 11.3 Å². The highest BCUT2D eigenvalue weighted by molar-refractivity contribution is 7.09. The molecule has 2 heterocycles. The van der Waals surface area contributed by atoms with Crippen LogP contribution in [0.1, 0.15) is 30.8 Å². The van der Waals surface area contributed by atoms with Crippen LogP contribution in [0.3, 0.4) is 0 Å². The van der Waals surface area contributed by atoms with Gasteiger partial charge in [-0.25, -0.2) is 4.98 Å². The Bertz CT molecular complexity index is 516. The maximum Gasteiger partial charge on any atom is 0.236 e. The molecule has 0 unspecified atom stereocenters. The van der Waals surface area contributed by atoms with E-state index in [1.807, 2.05) is 17.5 Å². The van der Waals surface area contributed by atoms with Crippen LogP contribution in [0.5, 0.6) is 0 Å². The fraction of sp³-hybridized carbons (Fsp3) is 0.765. The second kappa shape index (κ2) is 8.22. The number of likely N-dealkylation sites (tertiary alicyclic amines) is 1. The molecular formula is C17H30N4OS. The number of amides is 1. The molecule has 1 aromatic rings. The van der Waals surface area contributed by atoms with E-state index in [2.05, 4.69) is 42.6 Å². The van der Waals surface area contributed by atoms with Crippen molar-refractivity contribution in [1.82, 2.24) is 19.7 Å². The van der Waals surface area contributed by atoms with Crippen molar-refractivity contribution in [1.29, 1.82) is 0 Å². The van der Waals surface area contributed by atoms with Crippen molar-refractivity contribution < 1.29 is 4.79 Å². The zero-order valence-corrected chi connectivity index (χ0v) is 15.9. The molecule has 23 heavy (non-hydrogen) atoms. The van der Waals surface area contributed by atoms with Crippen molar-refractivity contribution in [2.24, 2.45) is 5.92 Å². The minimum atomic E-state index is 0.268. The second-order valence-electron chi connectivity index (χ2n) is 7.06. The van der Waals surface area contributed by atoms with E-state index in [0.717, 1.165) is 38.3 Å². The van der Waals surface area contributed by atoms with Gasteiger partial charge in [-0.2, -0.15) is 0 Å². The zero-order chi connectivity index (χ0) is 17.0. The summed E-state index contributed by atoms with van der Waals surface area (Å²) in [7, 11) is 4.18. The molecule has 0 aliphatic carbocycles. The molecule has 2 rings (SSSR count). The second-order valence-corrected chi connectivity index (χ2v) is 8.00. The summed E-state index contributed by atoms with van der Waals surface area (Å²) in [6.45, 7) is 10.6. The summed E-state index contributed by atoms with van der Waals surface area (Å²) < 4.78 is 0. The van der Waals surface area contributed by atoms with Gasteiger partial charge in [0.05, 0.1) is 17.7 Å². The molecule has 0 radical (unpaired) electrons. The molecule has 0 saturated carbocycles. The third-order valence-electron chi connectivity index (χ3n) is 4.73. The largest absolute Gasteiger partial charge is 0.341 e. The number of hydrogen-bond acceptors (Lipinski definition) is 5. The van der Waals surface area contributed by atoms with Gasteiger partial charge < -0.3 is 9.80 Å². The van der Waals surface area contributed by atoms with Crippen LogP contribution in [0.2, 0.25) is 0 Å². The van der Waals surface area contributed by atoms with E-state index in [1.165, 1.54) is 4.88 Å². The minimum Gasteiger partial charge on any atom is -0.341 e. The minimum absolute atomic E-state index is 0.268. The number of nitrogens with zero attached hydrogens (tertiary/aromatic N) is 4. The molecule has 1 amide bonds. The highest BCUT2D eigenvalue weighted by Gasteiger charge is 2.27. The van der Waals surface area contributed by atoms with Crippen molar-refractivity contribution in [3.8, 4) is 0 Å². The Kier molecular flexibility index (Phi) is 6.56. The summed E-state index contributed by atoms with van der Waals surface area (Å²) in [5.74, 6) is 0.853. The van der Waals surface area contributed by atoms with Crippen molar-refractivity contribution in [2.75, 3.05) is 40.3 Å². The van der Waals surface area contributed by atoms with Crippen LogP contribution in [-0.2, 0) is 11.3 Å². The summed E-state index contributed by atoms with van der Waals surface area (Å²) in [5, 5.41) is 0. The van der Waals surface area contributed by atoms with Crippen LogP contribution in [0.25, 0.3) is 0 Å². The van der Waals surface area contributed by atoms with E-state index >= 15 is 0 Å². The summed E-state index contributed by atoms with van der Waals surface area (Å²) in [5.41, 5.74) is 3.06. The number of carbonyl (C=O) groups excluding carboxylic acids is 1. The lowest BCUT2D eigenvalue weighted by molar-refractivity contribution is -0.131. The summed E-state index contributed by atoms with van der Waals surface area (Å²) in [4.78, 5) is 24.5. The molecular weight excluding hydrogens is 308 g/mol. The van der Waals surface area contributed by atoms with Gasteiger partial charge >= 0.3 is 0 Å². The molecule has 130 valence electrons. The highest BCUT2D eigenvalue weighted by Crippen LogP contribution is 2.20. The predicted octanol–water partition coefficient (Wildman–Crippen LogP) is 2.07. The standard InChI is InChI=1S/C17H30N4OS/c1-13(2)20(5)11-17(22)21-7-6-15(9-21)8-19(4)10-16-14(3)18-12-23-16/h12-13,15H,6-11H2,1-5H3/t15-/m1/s1. The Morgan fingerprint density at radius 2 is 2.22 bits per heavy atom. The first kappa shape index (κ1) is 18.4. The molecule has 1 aromatic heterocycles. The van der Waals surface area contributed by atoms with Crippen molar-refractivity contribution in [3.05, 3.63) is 16.1 Å². The monoisotopic (exact) mass is 338 g/mol. The first-order valence-corrected chi connectivity index (χ1v) is 9.30. The van der Waals surface area contributed by atoms with Crippen molar-refractivity contribution in [3.63, 3.8) is 0 Å². The van der Waals surface area contributed by atoms with Gasteiger partial charge in [0, 0.05) is 37.1 Å². The number of rotatable bonds is 7. The average molecular weight is 339 g/mol. The quantitative estimate of drug-likeness (QED) is 0.763. The Labute approximate surface area is 144 Å². The molecule has 1 saturated heterocycles. The SMILES string of the molecule is Cc1ncsc1CN(C)C[C@H]1CCN(C(=O)CN(C)C(C)C)C1. The van der Waals surface area contributed by atoms with Crippen LogP contribution in [0, 0.1) is 12.8 Å². The van der Waals surface area contributed by atoms with Crippen LogP contribution in [-0.4, -0.2) is 71.9 Å². The molecule has 0 aromatic carbocycles. The lowest BCUT2D eigenvalue weighted by Gasteiger charge is -2.25. The van der Waals surface area contributed by atoms with E-state index in [-0.39, 0.29) is 5.91 Å². The Morgan fingerprint density at radius 1 is 1.48 bits per heavy atom. The summed E-state index contributed by atoms with van der Waals surface area (Å²) in [6.07, 6.45) is 1.11. The molecule has 0 bridgehead atoms. The first-order valence-electron chi connectivity index (χ1n) is 8.42. The molecule has 0 N–H and O–H groups in total. The third kappa shape index (κ3) is 5.26. The van der Waals surface area contributed by atoms with E-state index < -0.39 is 0 Å². The number of likely N-dealkylation sites (N-methyl/N-ethyl adjacent to an activating group) is 1. The van der Waals surface area contributed by atoms with Gasteiger partial charge in [-0.05, 0) is 47.2 Å². The van der Waals surface area contributed by atoms with Crippen molar-refractivity contribution >= 4 is 17.2 Å². The first-order chi connectivity index (χ1) is 10.9. The van der Waals surface area contributed by atoms with Crippen LogP contribution < -0.4 is 0 Å². The van der Waals surface area contributed by atoms with Gasteiger partial charge in [-0.1, -0.05) is 0 Å². The summed E-state index contributed by atoms with van der Waals surface area (Å²) in [6, 6.07) is 0.408. The molecule has 5 nitrogen and oxygen atoms in total. The lowest BCUT2D eigenvalue weighted by atomic mass is 10.1. The van der Waals surface area contributed by atoms with Gasteiger partial charge in [0.25, 0.3) is 0 Å². The maximum absolute atomic E-state index is 12.4. The molecule has 1 atom stereocenters. The Morgan fingerprint density at radius 3 is 2.83 bits per heavy atom. The number of thiazole rings is 1. The van der Waals surface area contributed by atoms with Crippen LogP contribution in [0.4, 0.5) is 0 Å². The fourth-order valence-electron chi connectivity index (χ4n) is 2.93. The van der Waals surface area contributed by atoms with E-state index in [1.54, 1.807) is 11.3 Å². The fourth-order valence-corrected chi connectivity index (χ4v) is 3.79. The topological polar surface area (TPSA) is 39.7 Å². The average Bonchev–Trinajstić information content (AvgIpc) is 3.09. The number of hydrogen-bond donors (Lipinski definition) is 0. The van der Waals surface area contributed by atoms with E-state index in [9.17, 15) is 4.79 Å².